The van der Waals surface area contributed by atoms with Gasteiger partial charge in [-0.15, -0.1) is 0 Å². The van der Waals surface area contributed by atoms with Crippen LogP contribution in [0.15, 0.2) is 30.6 Å². The lowest BCUT2D eigenvalue weighted by Gasteiger charge is -2.34. The van der Waals surface area contributed by atoms with Crippen LogP contribution < -0.4 is 5.32 Å². The number of nitrogens with zero attached hydrogens (tertiary/aromatic N) is 1. The summed E-state index contributed by atoms with van der Waals surface area (Å²) < 4.78 is 0. The maximum absolute atomic E-state index is 4.07. The third kappa shape index (κ3) is 1.82. The lowest BCUT2D eigenvalue weighted by atomic mass is 9.78. The molecule has 78 valence electrons. The zero-order chi connectivity index (χ0) is 10.1. The maximum atomic E-state index is 4.07. The summed E-state index contributed by atoms with van der Waals surface area (Å²) in [6.45, 7) is 2.35. The number of hydrogen-bond acceptors (Lipinski definition) is 2. The zero-order valence-electron chi connectivity index (χ0n) is 8.82. The first-order valence-corrected chi connectivity index (χ1v) is 5.73. The van der Waals surface area contributed by atoms with Crippen molar-refractivity contribution in [1.29, 1.82) is 0 Å². The lowest BCUT2D eigenvalue weighted by molar-refractivity contribution is 0.317. The first kappa shape index (κ1) is 9.10. The molecule has 2 aliphatic rings. The molecule has 3 rings (SSSR count). The van der Waals surface area contributed by atoms with Gasteiger partial charge in [-0.3, -0.25) is 4.98 Å². The molecule has 0 radical (unpaired) electrons. The number of piperidine rings is 1. The first-order chi connectivity index (χ1) is 7.42. The third-order valence-corrected chi connectivity index (χ3v) is 3.47. The van der Waals surface area contributed by atoms with E-state index in [2.05, 4.69) is 28.5 Å². The minimum Gasteiger partial charge on any atom is -0.316 e. The Labute approximate surface area is 90.4 Å². The van der Waals surface area contributed by atoms with E-state index in [0.29, 0.717) is 0 Å². The minimum atomic E-state index is 0.751. The molecule has 0 aromatic carbocycles. The highest BCUT2D eigenvalue weighted by Gasteiger charge is 2.26. The molecule has 1 aliphatic heterocycles. The van der Waals surface area contributed by atoms with Crippen LogP contribution in [0.25, 0.3) is 5.57 Å². The van der Waals surface area contributed by atoms with Crippen LogP contribution in [-0.2, 0) is 0 Å². The fourth-order valence-corrected chi connectivity index (χ4v) is 2.79. The van der Waals surface area contributed by atoms with Gasteiger partial charge in [-0.2, -0.15) is 0 Å². The van der Waals surface area contributed by atoms with Crippen molar-refractivity contribution in [3.63, 3.8) is 0 Å². The van der Waals surface area contributed by atoms with Crippen LogP contribution in [0.1, 0.15) is 18.4 Å². The molecular formula is C13H16N2. The molecule has 1 aromatic heterocycles. The van der Waals surface area contributed by atoms with E-state index in [1.165, 1.54) is 30.5 Å². The zero-order valence-corrected chi connectivity index (χ0v) is 8.82. The molecule has 0 saturated carbocycles. The van der Waals surface area contributed by atoms with E-state index in [4.69, 9.17) is 0 Å². The maximum Gasteiger partial charge on any atom is 0.0273 e. The summed E-state index contributed by atoms with van der Waals surface area (Å²) in [6.07, 6.45) is 8.84. The number of nitrogens with one attached hydrogen (secondary N) is 1. The molecule has 0 amide bonds. The largest absolute Gasteiger partial charge is 0.316 e. The summed E-state index contributed by atoms with van der Waals surface area (Å²) in [6, 6.07) is 4.25. The van der Waals surface area contributed by atoms with Crippen molar-refractivity contribution in [2.75, 3.05) is 13.1 Å². The quantitative estimate of drug-likeness (QED) is 0.751. The Balaban J connectivity index is 1.91. The number of fused-ring (bicyclic) bond motifs is 2. The van der Waals surface area contributed by atoms with Gasteiger partial charge in [-0.25, -0.2) is 0 Å². The van der Waals surface area contributed by atoms with E-state index >= 15 is 0 Å². The standard InChI is InChI=1S/C13H16N2/c1-3-14-4-2-12(1)13-6-10-5-11(7-13)9-15-8-10/h1-4,6,10-11,15H,5,7-9H2/t10-,11+/m1/s1. The van der Waals surface area contributed by atoms with Crippen molar-refractivity contribution >= 4 is 5.57 Å². The molecule has 2 atom stereocenters. The van der Waals surface area contributed by atoms with E-state index < -0.39 is 0 Å². The average molecular weight is 200 g/mol. The first-order valence-electron chi connectivity index (χ1n) is 5.73. The Kier molecular flexibility index (Phi) is 2.29. The van der Waals surface area contributed by atoms with Gasteiger partial charge in [0.2, 0.25) is 0 Å². The molecular weight excluding hydrogens is 184 g/mol. The average Bonchev–Trinajstić information content (AvgIpc) is 2.30. The normalized spacial score (nSPS) is 29.7. The van der Waals surface area contributed by atoms with Gasteiger partial charge in [-0.05, 0) is 54.5 Å². The second-order valence-corrected chi connectivity index (χ2v) is 4.65. The Hall–Kier alpha value is -1.15. The van der Waals surface area contributed by atoms with E-state index in [1.807, 2.05) is 12.4 Å². The molecule has 1 fully saturated rings. The summed E-state index contributed by atoms with van der Waals surface area (Å²) in [5.41, 5.74) is 2.89. The van der Waals surface area contributed by atoms with Crippen LogP contribution in [0.4, 0.5) is 0 Å². The summed E-state index contributed by atoms with van der Waals surface area (Å²) in [5.74, 6) is 1.59. The predicted octanol–water partition coefficient (Wildman–Crippen LogP) is 2.09. The molecule has 1 N–H and O–H groups in total. The SMILES string of the molecule is C1=C(c2ccncc2)C[C@H]2CNC[C@@H]1C2. The summed E-state index contributed by atoms with van der Waals surface area (Å²) in [5, 5.41) is 3.50. The number of hydrogen-bond donors (Lipinski definition) is 1. The molecule has 2 bridgehead atoms. The van der Waals surface area contributed by atoms with Gasteiger partial charge in [-0.1, -0.05) is 6.08 Å². The van der Waals surface area contributed by atoms with Crippen molar-refractivity contribution in [3.8, 4) is 0 Å². The van der Waals surface area contributed by atoms with E-state index in [0.717, 1.165) is 18.4 Å². The Morgan fingerprint density at radius 1 is 1.20 bits per heavy atom. The molecule has 0 unspecified atom stereocenters. The second-order valence-electron chi connectivity index (χ2n) is 4.65. The second kappa shape index (κ2) is 3.78. The van der Waals surface area contributed by atoms with Gasteiger partial charge in [0.1, 0.15) is 0 Å². The Morgan fingerprint density at radius 3 is 2.87 bits per heavy atom. The van der Waals surface area contributed by atoms with Crippen LogP contribution in [0.5, 0.6) is 0 Å². The summed E-state index contributed by atoms with van der Waals surface area (Å²) in [4.78, 5) is 4.07. The van der Waals surface area contributed by atoms with Gasteiger partial charge < -0.3 is 5.32 Å². The lowest BCUT2D eigenvalue weighted by Crippen LogP contribution is -2.37. The van der Waals surface area contributed by atoms with Crippen LogP contribution in [0, 0.1) is 11.8 Å². The van der Waals surface area contributed by atoms with Gasteiger partial charge in [0.05, 0.1) is 0 Å². The van der Waals surface area contributed by atoms with Crippen LogP contribution in [-0.4, -0.2) is 18.1 Å². The fourth-order valence-electron chi connectivity index (χ4n) is 2.79. The summed E-state index contributed by atoms with van der Waals surface area (Å²) in [7, 11) is 0. The monoisotopic (exact) mass is 200 g/mol. The third-order valence-electron chi connectivity index (χ3n) is 3.47. The van der Waals surface area contributed by atoms with Gasteiger partial charge >= 0.3 is 0 Å². The smallest absolute Gasteiger partial charge is 0.0273 e. The number of aromatic nitrogens is 1. The minimum absolute atomic E-state index is 0.751. The molecule has 1 aliphatic carbocycles. The molecule has 1 saturated heterocycles. The number of pyridine rings is 1. The topological polar surface area (TPSA) is 24.9 Å². The van der Waals surface area contributed by atoms with Crippen molar-refractivity contribution in [3.05, 3.63) is 36.2 Å². The van der Waals surface area contributed by atoms with Crippen LogP contribution in [0.3, 0.4) is 0 Å². The van der Waals surface area contributed by atoms with E-state index in [-0.39, 0.29) is 0 Å². The van der Waals surface area contributed by atoms with Gasteiger partial charge in [0, 0.05) is 18.9 Å². The Morgan fingerprint density at radius 2 is 2.07 bits per heavy atom. The van der Waals surface area contributed by atoms with E-state index in [9.17, 15) is 0 Å². The van der Waals surface area contributed by atoms with Crippen molar-refractivity contribution in [2.45, 2.75) is 12.8 Å². The van der Waals surface area contributed by atoms with Crippen molar-refractivity contribution in [2.24, 2.45) is 11.8 Å². The predicted molar refractivity (Wildman–Crippen MR) is 61.3 cm³/mol. The van der Waals surface area contributed by atoms with Crippen molar-refractivity contribution in [1.82, 2.24) is 10.3 Å². The molecule has 15 heavy (non-hydrogen) atoms. The molecule has 2 nitrogen and oxygen atoms in total. The van der Waals surface area contributed by atoms with Gasteiger partial charge in [0.15, 0.2) is 0 Å². The highest BCUT2D eigenvalue weighted by Crippen LogP contribution is 2.35. The molecule has 2 heterocycles. The van der Waals surface area contributed by atoms with Crippen LogP contribution >= 0.6 is 0 Å². The van der Waals surface area contributed by atoms with Gasteiger partial charge in [0.25, 0.3) is 0 Å². The van der Waals surface area contributed by atoms with Crippen molar-refractivity contribution < 1.29 is 0 Å². The van der Waals surface area contributed by atoms with E-state index in [1.54, 1.807) is 0 Å². The Bertz CT molecular complexity index is 369. The number of rotatable bonds is 1. The molecule has 2 heteroatoms. The number of allylic oxidation sites excluding steroid dienone is 1. The molecule has 1 aromatic rings. The van der Waals surface area contributed by atoms with Crippen LogP contribution in [0.2, 0.25) is 0 Å². The highest BCUT2D eigenvalue weighted by molar-refractivity contribution is 5.66. The summed E-state index contributed by atoms with van der Waals surface area (Å²) >= 11 is 0. The fraction of sp³-hybridized carbons (Fsp3) is 0.462. The highest BCUT2D eigenvalue weighted by atomic mass is 14.9. The molecule has 0 spiro atoms.